The lowest BCUT2D eigenvalue weighted by Crippen LogP contribution is -2.34. The van der Waals surface area contributed by atoms with Gasteiger partial charge in [0, 0.05) is 25.5 Å². The zero-order chi connectivity index (χ0) is 11.4. The lowest BCUT2D eigenvalue weighted by Gasteiger charge is -2.17. The van der Waals surface area contributed by atoms with E-state index in [9.17, 15) is 0 Å². The number of hydrogen-bond acceptors (Lipinski definition) is 3. The van der Waals surface area contributed by atoms with Crippen molar-refractivity contribution in [2.24, 2.45) is 5.84 Å². The molecule has 0 radical (unpaired) electrons. The third-order valence-corrected chi connectivity index (χ3v) is 2.30. The molecule has 82 valence electrons. The highest BCUT2D eigenvalue weighted by atomic mass is 32.1. The molecule has 0 saturated carbocycles. The van der Waals surface area contributed by atoms with Crippen molar-refractivity contribution in [2.75, 3.05) is 24.3 Å². The molecular weight excluding hydrogens is 208 g/mol. The molecule has 0 saturated heterocycles. The van der Waals surface area contributed by atoms with Crippen molar-refractivity contribution >= 4 is 28.7 Å². The van der Waals surface area contributed by atoms with Crippen LogP contribution in [0.25, 0.3) is 0 Å². The van der Waals surface area contributed by atoms with Gasteiger partial charge in [0.05, 0.1) is 0 Å². The lowest BCUT2D eigenvalue weighted by molar-refractivity contribution is 1.04. The van der Waals surface area contributed by atoms with E-state index in [4.69, 9.17) is 18.1 Å². The van der Waals surface area contributed by atoms with Gasteiger partial charge in [-0.3, -0.25) is 0 Å². The van der Waals surface area contributed by atoms with Crippen LogP contribution in [0.15, 0.2) is 18.2 Å². The number of nitrogens with two attached hydrogens (primary N) is 1. The fourth-order valence-corrected chi connectivity index (χ4v) is 1.45. The summed E-state index contributed by atoms with van der Waals surface area (Å²) in [4.78, 5) is 2.05. The van der Waals surface area contributed by atoms with E-state index in [1.165, 1.54) is 5.56 Å². The second kappa shape index (κ2) is 4.95. The molecule has 4 N–H and O–H groups in total. The van der Waals surface area contributed by atoms with Crippen LogP contribution in [0.3, 0.4) is 0 Å². The topological polar surface area (TPSA) is 53.3 Å². The predicted molar refractivity (Wildman–Crippen MR) is 69.0 cm³/mol. The maximum Gasteiger partial charge on any atom is 0.185 e. The number of aryl methyl sites for hydroxylation is 1. The van der Waals surface area contributed by atoms with Gasteiger partial charge >= 0.3 is 0 Å². The van der Waals surface area contributed by atoms with Gasteiger partial charge in [-0.25, -0.2) is 5.84 Å². The first-order valence-electron chi connectivity index (χ1n) is 4.60. The van der Waals surface area contributed by atoms with Crippen LogP contribution in [-0.2, 0) is 0 Å². The zero-order valence-corrected chi connectivity index (χ0v) is 9.98. The molecular formula is C10H16N4S. The molecule has 0 heterocycles. The first-order chi connectivity index (χ1) is 7.04. The second-order valence-corrected chi connectivity index (χ2v) is 3.90. The molecule has 0 bridgehead atoms. The van der Waals surface area contributed by atoms with Crippen LogP contribution in [0.5, 0.6) is 0 Å². The Bertz CT molecular complexity index is 362. The average molecular weight is 224 g/mol. The van der Waals surface area contributed by atoms with Crippen LogP contribution in [0, 0.1) is 6.92 Å². The van der Waals surface area contributed by atoms with E-state index in [2.05, 4.69) is 22.6 Å². The van der Waals surface area contributed by atoms with Gasteiger partial charge in [0.25, 0.3) is 0 Å². The summed E-state index contributed by atoms with van der Waals surface area (Å²) in [7, 11) is 4.01. The Morgan fingerprint density at radius 3 is 2.60 bits per heavy atom. The third-order valence-electron chi connectivity index (χ3n) is 2.08. The zero-order valence-electron chi connectivity index (χ0n) is 9.16. The van der Waals surface area contributed by atoms with Crippen molar-refractivity contribution in [2.45, 2.75) is 6.92 Å². The number of rotatable bonds is 2. The van der Waals surface area contributed by atoms with Crippen LogP contribution in [-0.4, -0.2) is 19.2 Å². The SMILES string of the molecule is Cc1ccc(NC(=S)NN)cc1N(C)C. The molecule has 0 aliphatic carbocycles. The molecule has 5 heteroatoms. The van der Waals surface area contributed by atoms with Crippen LogP contribution in [0.4, 0.5) is 11.4 Å². The van der Waals surface area contributed by atoms with Gasteiger partial charge in [0.1, 0.15) is 0 Å². The highest BCUT2D eigenvalue weighted by Crippen LogP contribution is 2.22. The fourth-order valence-electron chi connectivity index (χ4n) is 1.34. The van der Waals surface area contributed by atoms with E-state index in [1.54, 1.807) is 0 Å². The fraction of sp³-hybridized carbons (Fsp3) is 0.300. The van der Waals surface area contributed by atoms with Crippen molar-refractivity contribution < 1.29 is 0 Å². The quantitative estimate of drug-likeness (QED) is 0.401. The first kappa shape index (κ1) is 11.7. The number of anilines is 2. The lowest BCUT2D eigenvalue weighted by atomic mass is 10.1. The highest BCUT2D eigenvalue weighted by Gasteiger charge is 2.02. The Hall–Kier alpha value is -1.33. The van der Waals surface area contributed by atoms with Crippen LogP contribution >= 0.6 is 12.2 Å². The smallest absolute Gasteiger partial charge is 0.185 e. The summed E-state index contributed by atoms with van der Waals surface area (Å²) >= 11 is 4.92. The molecule has 4 nitrogen and oxygen atoms in total. The summed E-state index contributed by atoms with van der Waals surface area (Å²) in [5.41, 5.74) is 5.68. The van der Waals surface area contributed by atoms with E-state index in [-0.39, 0.29) is 0 Å². The molecule has 0 aromatic heterocycles. The second-order valence-electron chi connectivity index (χ2n) is 3.49. The van der Waals surface area contributed by atoms with E-state index in [0.717, 1.165) is 11.4 Å². The Morgan fingerprint density at radius 1 is 1.40 bits per heavy atom. The number of hydrogen-bond donors (Lipinski definition) is 3. The summed E-state index contributed by atoms with van der Waals surface area (Å²) in [6.07, 6.45) is 0. The molecule has 1 rings (SSSR count). The number of hydrazine groups is 1. The van der Waals surface area contributed by atoms with Gasteiger partial charge in [0.2, 0.25) is 0 Å². The number of benzene rings is 1. The molecule has 0 amide bonds. The first-order valence-corrected chi connectivity index (χ1v) is 5.01. The molecule has 0 fully saturated rings. The Labute approximate surface area is 95.4 Å². The maximum atomic E-state index is 5.18. The van der Waals surface area contributed by atoms with Crippen LogP contribution < -0.4 is 21.5 Å². The van der Waals surface area contributed by atoms with E-state index in [0.29, 0.717) is 5.11 Å². The molecule has 0 atom stereocenters. The van der Waals surface area contributed by atoms with Gasteiger partial charge < -0.3 is 15.6 Å². The molecule has 0 spiro atoms. The summed E-state index contributed by atoms with van der Waals surface area (Å²) in [6.45, 7) is 2.07. The standard InChI is InChI=1S/C10H16N4S/c1-7-4-5-8(12-10(15)13-11)6-9(7)14(2)3/h4-6H,11H2,1-3H3,(H2,12,13,15). The minimum absolute atomic E-state index is 0.406. The molecule has 1 aromatic rings. The summed E-state index contributed by atoms with van der Waals surface area (Å²) in [5, 5.41) is 3.39. The summed E-state index contributed by atoms with van der Waals surface area (Å²) in [5.74, 6) is 5.18. The minimum Gasteiger partial charge on any atom is -0.377 e. The predicted octanol–water partition coefficient (Wildman–Crippen LogP) is 1.22. The number of nitrogens with zero attached hydrogens (tertiary/aromatic N) is 1. The Morgan fingerprint density at radius 2 is 2.07 bits per heavy atom. The third kappa shape index (κ3) is 3.07. The normalized spacial score (nSPS) is 9.60. The largest absolute Gasteiger partial charge is 0.377 e. The van der Waals surface area contributed by atoms with Crippen molar-refractivity contribution in [3.8, 4) is 0 Å². The minimum atomic E-state index is 0.406. The average Bonchev–Trinajstić information content (AvgIpc) is 2.20. The summed E-state index contributed by atoms with van der Waals surface area (Å²) in [6, 6.07) is 6.03. The van der Waals surface area contributed by atoms with E-state index in [1.807, 2.05) is 32.3 Å². The van der Waals surface area contributed by atoms with Gasteiger partial charge in [-0.2, -0.15) is 0 Å². The van der Waals surface area contributed by atoms with Crippen molar-refractivity contribution in [1.82, 2.24) is 5.43 Å². The Balaban J connectivity index is 2.92. The molecule has 1 aromatic carbocycles. The Kier molecular flexibility index (Phi) is 3.88. The monoisotopic (exact) mass is 224 g/mol. The molecule has 0 unspecified atom stereocenters. The maximum absolute atomic E-state index is 5.18. The molecule has 0 aliphatic heterocycles. The number of thiocarbonyl (C=S) groups is 1. The van der Waals surface area contributed by atoms with E-state index < -0.39 is 0 Å². The van der Waals surface area contributed by atoms with Gasteiger partial charge in [-0.1, -0.05) is 6.07 Å². The van der Waals surface area contributed by atoms with Gasteiger partial charge in [-0.15, -0.1) is 0 Å². The number of nitrogens with one attached hydrogen (secondary N) is 2. The van der Waals surface area contributed by atoms with Gasteiger partial charge in [-0.05, 0) is 36.8 Å². The summed E-state index contributed by atoms with van der Waals surface area (Å²) < 4.78 is 0. The van der Waals surface area contributed by atoms with Crippen molar-refractivity contribution in [1.29, 1.82) is 0 Å². The van der Waals surface area contributed by atoms with Crippen LogP contribution in [0.2, 0.25) is 0 Å². The molecule has 0 aliphatic rings. The van der Waals surface area contributed by atoms with E-state index >= 15 is 0 Å². The van der Waals surface area contributed by atoms with Crippen molar-refractivity contribution in [3.63, 3.8) is 0 Å². The highest BCUT2D eigenvalue weighted by molar-refractivity contribution is 7.80. The van der Waals surface area contributed by atoms with Crippen molar-refractivity contribution in [3.05, 3.63) is 23.8 Å². The van der Waals surface area contributed by atoms with Crippen LogP contribution in [0.1, 0.15) is 5.56 Å². The van der Waals surface area contributed by atoms with Gasteiger partial charge in [0.15, 0.2) is 5.11 Å². The molecule has 15 heavy (non-hydrogen) atoms.